The second kappa shape index (κ2) is 42.5. The minimum atomic E-state index is -0.851. The Labute approximate surface area is 337 Å². The number of unbranched alkanes of at least 4 members (excludes halogenated alkanes) is 25. The summed E-state index contributed by atoms with van der Waals surface area (Å²) < 4.78 is 16.5. The highest BCUT2D eigenvalue weighted by Crippen LogP contribution is 2.13. The number of allylic oxidation sites excluding steroid dienone is 4. The van der Waals surface area contributed by atoms with Gasteiger partial charge >= 0.3 is 23.9 Å². The van der Waals surface area contributed by atoms with Crippen LogP contribution in [0.25, 0.3) is 0 Å². The molecule has 0 aromatic heterocycles. The highest BCUT2D eigenvalue weighted by atomic mass is 16.6. The van der Waals surface area contributed by atoms with Gasteiger partial charge in [-0.05, 0) is 77.0 Å². The number of carbonyl (C=O) groups is 4. The van der Waals surface area contributed by atoms with Gasteiger partial charge in [0.2, 0.25) is 0 Å². The SMILES string of the molecule is CCCCCCCC/C=C\CCCCCCCC(=O)OCC(COC(=O)CCCCCCC/C=C\CCCCCCCC)OC(=O)CCCCCCC(=O)O. The van der Waals surface area contributed by atoms with Crippen LogP contribution in [0.2, 0.25) is 0 Å². The molecule has 55 heavy (non-hydrogen) atoms. The second-order valence-corrected chi connectivity index (χ2v) is 15.5. The van der Waals surface area contributed by atoms with E-state index in [9.17, 15) is 19.2 Å². The van der Waals surface area contributed by atoms with Crippen LogP contribution in [0, 0.1) is 0 Å². The van der Waals surface area contributed by atoms with E-state index in [4.69, 9.17) is 19.3 Å². The van der Waals surface area contributed by atoms with Gasteiger partial charge in [0, 0.05) is 25.7 Å². The van der Waals surface area contributed by atoms with Gasteiger partial charge in [-0.2, -0.15) is 0 Å². The third-order valence-corrected chi connectivity index (χ3v) is 9.97. The second-order valence-electron chi connectivity index (χ2n) is 15.5. The maximum Gasteiger partial charge on any atom is 0.306 e. The first kappa shape index (κ1) is 52.4. The Bertz CT molecular complexity index is 903. The Hall–Kier alpha value is -2.64. The maximum absolute atomic E-state index is 12.5. The molecular weight excluding hydrogens is 693 g/mol. The number of aliphatic carboxylic acids is 1. The standard InChI is InChI=1S/C47H84O8/c1-3-5-7-9-11-13-15-17-19-21-23-25-27-29-34-38-45(50)53-41-43(55-47(52)40-36-32-31-33-37-44(48)49)42-54-46(51)39-35-30-28-26-24-22-20-18-16-14-12-10-8-6-4-2/h17-20,43H,3-16,21-42H2,1-2H3,(H,48,49)/b19-17-,20-18-. The van der Waals surface area contributed by atoms with Gasteiger partial charge in [-0.25, -0.2) is 0 Å². The van der Waals surface area contributed by atoms with E-state index in [1.54, 1.807) is 0 Å². The summed E-state index contributed by atoms with van der Waals surface area (Å²) in [5.41, 5.74) is 0. The van der Waals surface area contributed by atoms with Gasteiger partial charge in [-0.15, -0.1) is 0 Å². The van der Waals surface area contributed by atoms with E-state index in [-0.39, 0.29) is 38.0 Å². The van der Waals surface area contributed by atoms with Crippen molar-refractivity contribution in [3.8, 4) is 0 Å². The summed E-state index contributed by atoms with van der Waals surface area (Å²) in [6.45, 7) is 4.21. The number of carboxylic acid groups (broad SMARTS) is 1. The molecule has 0 bridgehead atoms. The average molecular weight is 777 g/mol. The van der Waals surface area contributed by atoms with Crippen molar-refractivity contribution < 1.29 is 38.5 Å². The molecule has 0 aromatic rings. The summed E-state index contributed by atoms with van der Waals surface area (Å²) in [4.78, 5) is 48.2. The van der Waals surface area contributed by atoms with Crippen LogP contribution in [0.15, 0.2) is 24.3 Å². The molecule has 0 aliphatic rings. The minimum Gasteiger partial charge on any atom is -0.481 e. The highest BCUT2D eigenvalue weighted by Gasteiger charge is 2.19. The Kier molecular flexibility index (Phi) is 40.5. The molecule has 0 aromatic carbocycles. The van der Waals surface area contributed by atoms with Crippen LogP contribution in [-0.4, -0.2) is 48.3 Å². The van der Waals surface area contributed by atoms with Crippen molar-refractivity contribution in [3.63, 3.8) is 0 Å². The molecule has 0 spiro atoms. The molecule has 0 unspecified atom stereocenters. The number of hydrogen-bond donors (Lipinski definition) is 1. The lowest BCUT2D eigenvalue weighted by molar-refractivity contribution is -0.167. The van der Waals surface area contributed by atoms with Crippen molar-refractivity contribution >= 4 is 23.9 Å². The molecular formula is C47H84O8. The summed E-state index contributed by atoms with van der Waals surface area (Å²) in [5, 5.41) is 8.78. The fourth-order valence-corrected chi connectivity index (χ4v) is 6.46. The largest absolute Gasteiger partial charge is 0.481 e. The Morgan fingerprint density at radius 3 is 1.04 bits per heavy atom. The van der Waals surface area contributed by atoms with Gasteiger partial charge in [0.15, 0.2) is 6.10 Å². The van der Waals surface area contributed by atoms with E-state index in [1.807, 2.05) is 0 Å². The lowest BCUT2D eigenvalue weighted by Gasteiger charge is -2.18. The maximum atomic E-state index is 12.5. The molecule has 0 saturated heterocycles. The number of ether oxygens (including phenoxy) is 3. The summed E-state index contributed by atoms with van der Waals surface area (Å²) >= 11 is 0. The van der Waals surface area contributed by atoms with E-state index < -0.39 is 18.0 Å². The van der Waals surface area contributed by atoms with Crippen molar-refractivity contribution in [1.29, 1.82) is 0 Å². The molecule has 0 amide bonds. The highest BCUT2D eigenvalue weighted by molar-refractivity contribution is 5.71. The Morgan fingerprint density at radius 1 is 0.400 bits per heavy atom. The van der Waals surface area contributed by atoms with Gasteiger partial charge in [0.25, 0.3) is 0 Å². The number of hydrogen-bond acceptors (Lipinski definition) is 7. The summed E-state index contributed by atoms with van der Waals surface area (Å²) in [5.74, 6) is -1.93. The van der Waals surface area contributed by atoms with E-state index in [0.717, 1.165) is 77.0 Å². The quantitative estimate of drug-likeness (QED) is 0.0282. The third kappa shape index (κ3) is 42.3. The molecule has 0 aliphatic carbocycles. The third-order valence-electron chi connectivity index (χ3n) is 9.97. The van der Waals surface area contributed by atoms with Gasteiger partial charge in [-0.3, -0.25) is 19.2 Å². The Balaban J connectivity index is 4.27. The molecule has 0 saturated carbocycles. The van der Waals surface area contributed by atoms with Crippen LogP contribution in [0.1, 0.15) is 232 Å². The van der Waals surface area contributed by atoms with Crippen LogP contribution in [0.5, 0.6) is 0 Å². The normalized spacial score (nSPS) is 11.5. The van der Waals surface area contributed by atoms with Gasteiger partial charge in [-0.1, -0.05) is 154 Å². The first-order valence-corrected chi connectivity index (χ1v) is 22.9. The molecule has 0 aliphatic heterocycles. The lowest BCUT2D eigenvalue weighted by atomic mass is 10.1. The molecule has 0 radical (unpaired) electrons. The first-order chi connectivity index (χ1) is 26.9. The molecule has 0 heterocycles. The van der Waals surface area contributed by atoms with Gasteiger partial charge < -0.3 is 19.3 Å². The Morgan fingerprint density at radius 2 is 0.691 bits per heavy atom. The molecule has 1 N–H and O–H groups in total. The molecule has 8 nitrogen and oxygen atoms in total. The zero-order valence-corrected chi connectivity index (χ0v) is 35.6. The minimum absolute atomic E-state index is 0.122. The average Bonchev–Trinajstić information content (AvgIpc) is 3.17. The van der Waals surface area contributed by atoms with E-state index in [2.05, 4.69) is 38.2 Å². The summed E-state index contributed by atoms with van der Waals surface area (Å²) in [6, 6.07) is 0. The van der Waals surface area contributed by atoms with Crippen LogP contribution in [0.3, 0.4) is 0 Å². The van der Waals surface area contributed by atoms with Crippen molar-refractivity contribution in [2.24, 2.45) is 0 Å². The predicted molar refractivity (Wildman–Crippen MR) is 226 cm³/mol. The van der Waals surface area contributed by atoms with E-state index >= 15 is 0 Å². The molecule has 8 heteroatoms. The zero-order valence-electron chi connectivity index (χ0n) is 35.6. The topological polar surface area (TPSA) is 116 Å². The summed E-state index contributed by atoms with van der Waals surface area (Å²) in [6.07, 6.45) is 42.8. The zero-order chi connectivity index (χ0) is 40.3. The van der Waals surface area contributed by atoms with Gasteiger partial charge in [0.1, 0.15) is 13.2 Å². The number of carboxylic acids is 1. The number of carbonyl (C=O) groups excluding carboxylic acids is 3. The summed E-state index contributed by atoms with van der Waals surface area (Å²) in [7, 11) is 0. The fraction of sp³-hybridized carbons (Fsp3) is 0.830. The van der Waals surface area contributed by atoms with E-state index in [0.29, 0.717) is 25.7 Å². The van der Waals surface area contributed by atoms with Crippen LogP contribution >= 0.6 is 0 Å². The van der Waals surface area contributed by atoms with E-state index in [1.165, 1.54) is 103 Å². The first-order valence-electron chi connectivity index (χ1n) is 22.9. The molecule has 0 atom stereocenters. The van der Waals surface area contributed by atoms with Gasteiger partial charge in [0.05, 0.1) is 0 Å². The molecule has 0 fully saturated rings. The van der Waals surface area contributed by atoms with Crippen molar-refractivity contribution in [2.45, 2.75) is 238 Å². The lowest BCUT2D eigenvalue weighted by Crippen LogP contribution is -2.30. The fourth-order valence-electron chi connectivity index (χ4n) is 6.46. The number of esters is 3. The smallest absolute Gasteiger partial charge is 0.306 e. The van der Waals surface area contributed by atoms with Crippen molar-refractivity contribution in [3.05, 3.63) is 24.3 Å². The van der Waals surface area contributed by atoms with Crippen LogP contribution in [0.4, 0.5) is 0 Å². The monoisotopic (exact) mass is 777 g/mol. The molecule has 320 valence electrons. The van der Waals surface area contributed by atoms with Crippen molar-refractivity contribution in [2.75, 3.05) is 13.2 Å². The van der Waals surface area contributed by atoms with Crippen LogP contribution in [-0.2, 0) is 33.4 Å². The predicted octanol–water partition coefficient (Wildman–Crippen LogP) is 13.5. The molecule has 0 rings (SSSR count). The van der Waals surface area contributed by atoms with Crippen LogP contribution < -0.4 is 0 Å². The van der Waals surface area contributed by atoms with Crippen molar-refractivity contribution in [1.82, 2.24) is 0 Å². The number of rotatable bonds is 42.